The molecule has 1 atom stereocenters. The minimum atomic E-state index is -0.971. The molecule has 102 valence electrons. The number of halogens is 1. The molecular weight excluding hydrogens is 312 g/mol. The van der Waals surface area contributed by atoms with Gasteiger partial charge in [0.25, 0.3) is 0 Å². The van der Waals surface area contributed by atoms with Crippen molar-refractivity contribution < 1.29 is 19.4 Å². The Balaban J connectivity index is 2.00. The second-order valence-electron chi connectivity index (χ2n) is 4.40. The van der Waals surface area contributed by atoms with Crippen molar-refractivity contribution in [2.75, 3.05) is 19.8 Å². The molecule has 1 heterocycles. The first-order chi connectivity index (χ1) is 9.15. The summed E-state index contributed by atoms with van der Waals surface area (Å²) in [5.41, 5.74) is 0.780. The van der Waals surface area contributed by atoms with Crippen molar-refractivity contribution in [3.63, 3.8) is 0 Å². The minimum Gasteiger partial charge on any atom is -0.493 e. The Morgan fingerprint density at radius 1 is 1.58 bits per heavy atom. The standard InChI is InChI=1S/C14H15BrO4/c15-13-3-2-12(7-11(13)1-4-14(16)17)19-9-10-5-6-18-8-10/h1-4,7,10H,5-6,8-9H2,(H,16,17)/b4-1+. The van der Waals surface area contributed by atoms with Crippen LogP contribution in [0.4, 0.5) is 0 Å². The van der Waals surface area contributed by atoms with Crippen molar-refractivity contribution in [2.45, 2.75) is 6.42 Å². The minimum absolute atomic E-state index is 0.446. The maximum absolute atomic E-state index is 10.5. The molecule has 19 heavy (non-hydrogen) atoms. The molecule has 1 saturated heterocycles. The summed E-state index contributed by atoms with van der Waals surface area (Å²) in [7, 11) is 0. The lowest BCUT2D eigenvalue weighted by Gasteiger charge is -2.11. The summed E-state index contributed by atoms with van der Waals surface area (Å²) >= 11 is 3.38. The van der Waals surface area contributed by atoms with Crippen LogP contribution in [0.3, 0.4) is 0 Å². The third kappa shape index (κ3) is 4.36. The second kappa shape index (κ2) is 6.73. The molecule has 0 radical (unpaired) electrons. The number of benzene rings is 1. The van der Waals surface area contributed by atoms with Gasteiger partial charge in [-0.3, -0.25) is 0 Å². The number of ether oxygens (including phenoxy) is 2. The second-order valence-corrected chi connectivity index (χ2v) is 5.25. The zero-order chi connectivity index (χ0) is 13.7. The molecule has 1 aromatic rings. The highest BCUT2D eigenvalue weighted by atomic mass is 79.9. The van der Waals surface area contributed by atoms with E-state index in [0.29, 0.717) is 12.5 Å². The number of carboxylic acid groups (broad SMARTS) is 1. The molecule has 1 aliphatic rings. The first-order valence-corrected chi connectivity index (χ1v) is 6.85. The smallest absolute Gasteiger partial charge is 0.328 e. The molecule has 1 aromatic carbocycles. The Morgan fingerprint density at radius 3 is 3.11 bits per heavy atom. The number of carboxylic acids is 1. The third-order valence-corrected chi connectivity index (χ3v) is 3.60. The lowest BCUT2D eigenvalue weighted by atomic mass is 10.1. The summed E-state index contributed by atoms with van der Waals surface area (Å²) < 4.78 is 11.8. The highest BCUT2D eigenvalue weighted by Crippen LogP contribution is 2.24. The van der Waals surface area contributed by atoms with Crippen LogP contribution in [0.15, 0.2) is 28.7 Å². The van der Waals surface area contributed by atoms with E-state index in [1.54, 1.807) is 0 Å². The fourth-order valence-electron chi connectivity index (χ4n) is 1.83. The fourth-order valence-corrected chi connectivity index (χ4v) is 2.21. The Kier molecular flexibility index (Phi) is 4.99. The maximum Gasteiger partial charge on any atom is 0.328 e. The number of carbonyl (C=O) groups is 1. The molecule has 1 N–H and O–H groups in total. The Morgan fingerprint density at radius 2 is 2.42 bits per heavy atom. The van der Waals surface area contributed by atoms with Crippen LogP contribution in [0, 0.1) is 5.92 Å². The normalized spacial score (nSPS) is 18.9. The van der Waals surface area contributed by atoms with Gasteiger partial charge in [-0.15, -0.1) is 0 Å². The first-order valence-electron chi connectivity index (χ1n) is 6.06. The van der Waals surface area contributed by atoms with Crippen LogP contribution in [-0.2, 0) is 9.53 Å². The van der Waals surface area contributed by atoms with E-state index in [9.17, 15) is 4.79 Å². The van der Waals surface area contributed by atoms with Crippen LogP contribution in [0.25, 0.3) is 6.08 Å². The SMILES string of the molecule is O=C(O)/C=C/c1cc(OCC2CCOC2)ccc1Br. The molecule has 2 rings (SSSR count). The van der Waals surface area contributed by atoms with Crippen LogP contribution in [0.1, 0.15) is 12.0 Å². The number of hydrogen-bond donors (Lipinski definition) is 1. The van der Waals surface area contributed by atoms with Gasteiger partial charge in [-0.25, -0.2) is 4.79 Å². The van der Waals surface area contributed by atoms with Gasteiger partial charge in [0, 0.05) is 23.1 Å². The average Bonchev–Trinajstić information content (AvgIpc) is 2.89. The summed E-state index contributed by atoms with van der Waals surface area (Å²) in [6.07, 6.45) is 3.68. The summed E-state index contributed by atoms with van der Waals surface area (Å²) in [5.74, 6) is 0.211. The van der Waals surface area contributed by atoms with Crippen molar-refractivity contribution in [3.8, 4) is 5.75 Å². The van der Waals surface area contributed by atoms with Gasteiger partial charge in [-0.2, -0.15) is 0 Å². The summed E-state index contributed by atoms with van der Waals surface area (Å²) in [4.78, 5) is 10.5. The van der Waals surface area contributed by atoms with E-state index in [1.807, 2.05) is 18.2 Å². The van der Waals surface area contributed by atoms with Crippen molar-refractivity contribution in [2.24, 2.45) is 5.92 Å². The summed E-state index contributed by atoms with van der Waals surface area (Å²) in [6.45, 7) is 2.19. The molecule has 0 amide bonds. The van der Waals surface area contributed by atoms with Gasteiger partial charge in [0.2, 0.25) is 0 Å². The average molecular weight is 327 g/mol. The largest absolute Gasteiger partial charge is 0.493 e. The van der Waals surface area contributed by atoms with Gasteiger partial charge in [-0.1, -0.05) is 15.9 Å². The van der Waals surface area contributed by atoms with E-state index in [1.165, 1.54) is 6.08 Å². The zero-order valence-electron chi connectivity index (χ0n) is 10.3. The quantitative estimate of drug-likeness (QED) is 0.845. The number of aliphatic carboxylic acids is 1. The molecule has 0 spiro atoms. The predicted octanol–water partition coefficient (Wildman–Crippen LogP) is 2.96. The number of rotatable bonds is 5. The van der Waals surface area contributed by atoms with E-state index >= 15 is 0 Å². The van der Waals surface area contributed by atoms with E-state index in [-0.39, 0.29) is 0 Å². The van der Waals surface area contributed by atoms with Gasteiger partial charge in [-0.05, 0) is 36.3 Å². The summed E-state index contributed by atoms with van der Waals surface area (Å²) in [6, 6.07) is 5.53. The van der Waals surface area contributed by atoms with Gasteiger partial charge < -0.3 is 14.6 Å². The third-order valence-electron chi connectivity index (χ3n) is 2.88. The van der Waals surface area contributed by atoms with Crippen LogP contribution < -0.4 is 4.74 Å². The highest BCUT2D eigenvalue weighted by Gasteiger charge is 2.16. The number of hydrogen-bond acceptors (Lipinski definition) is 3. The van der Waals surface area contributed by atoms with E-state index in [0.717, 1.165) is 41.5 Å². The topological polar surface area (TPSA) is 55.8 Å². The van der Waals surface area contributed by atoms with E-state index in [4.69, 9.17) is 14.6 Å². The first kappa shape index (κ1) is 14.1. The predicted molar refractivity (Wildman–Crippen MR) is 75.2 cm³/mol. The van der Waals surface area contributed by atoms with Gasteiger partial charge in [0.05, 0.1) is 13.2 Å². The Labute approximate surface area is 120 Å². The lowest BCUT2D eigenvalue weighted by Crippen LogP contribution is -2.11. The highest BCUT2D eigenvalue weighted by molar-refractivity contribution is 9.10. The van der Waals surface area contributed by atoms with E-state index in [2.05, 4.69) is 15.9 Å². The van der Waals surface area contributed by atoms with Crippen LogP contribution in [-0.4, -0.2) is 30.9 Å². The van der Waals surface area contributed by atoms with Crippen molar-refractivity contribution in [1.29, 1.82) is 0 Å². The Hall–Kier alpha value is -1.33. The molecule has 0 bridgehead atoms. The molecular formula is C14H15BrO4. The van der Waals surface area contributed by atoms with Crippen molar-refractivity contribution in [1.82, 2.24) is 0 Å². The molecule has 4 nitrogen and oxygen atoms in total. The van der Waals surface area contributed by atoms with Gasteiger partial charge >= 0.3 is 5.97 Å². The van der Waals surface area contributed by atoms with E-state index < -0.39 is 5.97 Å². The molecule has 0 aliphatic carbocycles. The molecule has 1 unspecified atom stereocenters. The van der Waals surface area contributed by atoms with Crippen molar-refractivity contribution in [3.05, 3.63) is 34.3 Å². The van der Waals surface area contributed by atoms with Crippen LogP contribution in [0.5, 0.6) is 5.75 Å². The van der Waals surface area contributed by atoms with Crippen molar-refractivity contribution >= 4 is 28.0 Å². The van der Waals surface area contributed by atoms with Gasteiger partial charge in [0.1, 0.15) is 5.75 Å². The zero-order valence-corrected chi connectivity index (χ0v) is 11.9. The molecule has 1 aliphatic heterocycles. The molecule has 0 aromatic heterocycles. The Bertz CT molecular complexity index is 478. The maximum atomic E-state index is 10.5. The van der Waals surface area contributed by atoms with Crippen LogP contribution >= 0.6 is 15.9 Å². The molecule has 5 heteroatoms. The molecule has 0 saturated carbocycles. The van der Waals surface area contributed by atoms with Crippen LogP contribution in [0.2, 0.25) is 0 Å². The molecule has 1 fully saturated rings. The monoisotopic (exact) mass is 326 g/mol. The summed E-state index contributed by atoms with van der Waals surface area (Å²) in [5, 5.41) is 8.63. The fraction of sp³-hybridized carbons (Fsp3) is 0.357. The van der Waals surface area contributed by atoms with Gasteiger partial charge in [0.15, 0.2) is 0 Å². The lowest BCUT2D eigenvalue weighted by molar-refractivity contribution is -0.131.